The number of benzene rings is 2. The van der Waals surface area contributed by atoms with Gasteiger partial charge in [-0.25, -0.2) is 4.98 Å². The van der Waals surface area contributed by atoms with Gasteiger partial charge in [-0.15, -0.1) is 0 Å². The molecule has 0 radical (unpaired) electrons. The van der Waals surface area contributed by atoms with Crippen molar-refractivity contribution in [1.82, 2.24) is 20.1 Å². The summed E-state index contributed by atoms with van der Waals surface area (Å²) in [6, 6.07) is 16.1. The van der Waals surface area contributed by atoms with Crippen molar-refractivity contribution in [2.75, 3.05) is 6.61 Å². The number of nitrogens with one attached hydrogen (secondary N) is 1. The Balaban J connectivity index is 1.26. The summed E-state index contributed by atoms with van der Waals surface area (Å²) >= 11 is 6.53. The van der Waals surface area contributed by atoms with E-state index in [9.17, 15) is 4.79 Å². The van der Waals surface area contributed by atoms with Crippen LogP contribution in [0.1, 0.15) is 67.9 Å². The van der Waals surface area contributed by atoms with E-state index in [1.807, 2.05) is 29.8 Å². The average Bonchev–Trinajstić information content (AvgIpc) is 3.31. The Morgan fingerprint density at radius 1 is 1.16 bits per heavy atom. The van der Waals surface area contributed by atoms with E-state index in [1.54, 1.807) is 18.5 Å². The van der Waals surface area contributed by atoms with Crippen LogP contribution in [0.15, 0.2) is 60.9 Å². The van der Waals surface area contributed by atoms with Crippen molar-refractivity contribution < 1.29 is 9.53 Å². The highest BCUT2D eigenvalue weighted by atomic mass is 35.5. The van der Waals surface area contributed by atoms with Gasteiger partial charge in [-0.1, -0.05) is 42.3 Å². The molecule has 1 N–H and O–H groups in total. The summed E-state index contributed by atoms with van der Waals surface area (Å²) in [5.74, 6) is 0.570. The number of carbonyl (C=O) groups excluding carboxylic acids is 1. The van der Waals surface area contributed by atoms with Gasteiger partial charge in [0, 0.05) is 23.7 Å². The largest absolute Gasteiger partial charge is 0.478 e. The molecule has 7 heteroatoms. The quantitative estimate of drug-likeness (QED) is 0.293. The Labute approximate surface area is 222 Å². The number of hydrogen-bond donors (Lipinski definition) is 1. The van der Waals surface area contributed by atoms with E-state index in [-0.39, 0.29) is 18.0 Å². The van der Waals surface area contributed by atoms with E-state index in [1.165, 1.54) is 19.3 Å². The van der Waals surface area contributed by atoms with Gasteiger partial charge in [-0.05, 0) is 79.8 Å². The third-order valence-electron chi connectivity index (χ3n) is 8.18. The third kappa shape index (κ3) is 4.37. The fraction of sp³-hybridized carbons (Fsp3) is 0.367. The van der Waals surface area contributed by atoms with Crippen molar-refractivity contribution in [3.8, 4) is 17.0 Å². The Kier molecular flexibility index (Phi) is 6.15. The molecule has 2 fully saturated rings. The van der Waals surface area contributed by atoms with Crippen LogP contribution in [-0.2, 0) is 0 Å². The van der Waals surface area contributed by atoms with Crippen LogP contribution in [0.5, 0.6) is 5.88 Å². The van der Waals surface area contributed by atoms with Crippen LogP contribution in [-0.4, -0.2) is 33.3 Å². The van der Waals surface area contributed by atoms with Crippen molar-refractivity contribution in [2.45, 2.75) is 58.0 Å². The van der Waals surface area contributed by atoms with Crippen LogP contribution < -0.4 is 10.1 Å². The van der Waals surface area contributed by atoms with Gasteiger partial charge < -0.3 is 10.1 Å². The van der Waals surface area contributed by atoms with Crippen LogP contribution in [0.4, 0.5) is 0 Å². The molecule has 1 atom stereocenters. The van der Waals surface area contributed by atoms with E-state index < -0.39 is 0 Å². The summed E-state index contributed by atoms with van der Waals surface area (Å²) in [7, 11) is 0. The topological polar surface area (TPSA) is 69.0 Å². The molecule has 2 heterocycles. The van der Waals surface area contributed by atoms with Gasteiger partial charge >= 0.3 is 0 Å². The number of nitrogens with zero attached hydrogens (tertiary/aromatic N) is 3. The molecule has 0 aliphatic heterocycles. The van der Waals surface area contributed by atoms with Gasteiger partial charge in [0.2, 0.25) is 5.88 Å². The average molecular weight is 515 g/mol. The number of carbonyl (C=O) groups is 1. The number of halogens is 1. The molecule has 4 aromatic rings. The van der Waals surface area contributed by atoms with Crippen LogP contribution in [0.25, 0.3) is 22.0 Å². The van der Waals surface area contributed by atoms with Gasteiger partial charge in [0.15, 0.2) is 0 Å². The molecular formula is C30H31ClN4O2. The van der Waals surface area contributed by atoms with Gasteiger partial charge in [-0.2, -0.15) is 5.10 Å². The monoisotopic (exact) mass is 514 g/mol. The zero-order valence-corrected chi connectivity index (χ0v) is 22.0. The number of ether oxygens (including phenoxy) is 1. The molecule has 2 aromatic carbocycles. The third-order valence-corrected chi connectivity index (χ3v) is 8.51. The molecule has 2 saturated carbocycles. The minimum absolute atomic E-state index is 0.0482. The lowest BCUT2D eigenvalue weighted by Gasteiger charge is -2.54. The highest BCUT2D eigenvalue weighted by Crippen LogP contribution is 2.55. The molecule has 2 aliphatic carbocycles. The zero-order chi connectivity index (χ0) is 25.6. The molecular weight excluding hydrogens is 484 g/mol. The zero-order valence-electron chi connectivity index (χ0n) is 21.2. The fourth-order valence-electron chi connectivity index (χ4n) is 5.95. The number of amides is 1. The lowest BCUT2D eigenvalue weighted by Crippen LogP contribution is -2.53. The van der Waals surface area contributed by atoms with Crippen LogP contribution >= 0.6 is 11.6 Å². The normalized spacial score (nSPS) is 17.3. The molecule has 0 bridgehead atoms. The highest BCUT2D eigenvalue weighted by Gasteiger charge is 2.48. The molecule has 0 unspecified atom stereocenters. The summed E-state index contributed by atoms with van der Waals surface area (Å²) in [6.07, 6.45) is 9.66. The van der Waals surface area contributed by atoms with E-state index >= 15 is 0 Å². The first-order chi connectivity index (χ1) is 18.0. The second-order valence-electron chi connectivity index (χ2n) is 10.5. The minimum atomic E-state index is -0.0880. The number of aromatic nitrogens is 3. The first-order valence-electron chi connectivity index (χ1n) is 13.1. The van der Waals surface area contributed by atoms with Crippen molar-refractivity contribution in [3.05, 3.63) is 77.1 Å². The van der Waals surface area contributed by atoms with Crippen LogP contribution in [0.2, 0.25) is 5.02 Å². The predicted octanol–water partition coefficient (Wildman–Crippen LogP) is 6.82. The molecule has 6 rings (SSSR count). The Morgan fingerprint density at radius 2 is 1.95 bits per heavy atom. The minimum Gasteiger partial charge on any atom is -0.478 e. The Bertz CT molecular complexity index is 1450. The first-order valence-corrected chi connectivity index (χ1v) is 13.5. The molecule has 1 spiro atoms. The standard InChI is InChI=1S/C30H31ClN4O2/c1-3-37-27-15-22(11-14-32-27)21-7-5-20(6-8-21)19(2)35-28-24(9-10-26(31)25(28)18-33-35)29(36)34-23-16-30(17-23)12-4-13-30/h5-11,14-15,18-19,23H,3-4,12-13,16-17H2,1-2H3,(H,34,36)/t19-/m0/s1. The summed E-state index contributed by atoms with van der Waals surface area (Å²) in [4.78, 5) is 17.6. The van der Waals surface area contributed by atoms with Crippen molar-refractivity contribution in [3.63, 3.8) is 0 Å². The smallest absolute Gasteiger partial charge is 0.253 e. The van der Waals surface area contributed by atoms with E-state index in [4.69, 9.17) is 16.3 Å². The maximum absolute atomic E-state index is 13.4. The van der Waals surface area contributed by atoms with E-state index in [0.717, 1.165) is 40.4 Å². The first kappa shape index (κ1) is 24.0. The maximum atomic E-state index is 13.4. The second kappa shape index (κ2) is 9.49. The van der Waals surface area contributed by atoms with Gasteiger partial charge in [-0.3, -0.25) is 9.48 Å². The Hall–Kier alpha value is -3.38. The molecule has 6 nitrogen and oxygen atoms in total. The van der Waals surface area contributed by atoms with E-state index in [2.05, 4.69) is 46.6 Å². The Morgan fingerprint density at radius 3 is 2.65 bits per heavy atom. The molecule has 0 saturated heterocycles. The fourth-order valence-corrected chi connectivity index (χ4v) is 6.16. The van der Waals surface area contributed by atoms with Gasteiger partial charge in [0.1, 0.15) is 0 Å². The second-order valence-corrected chi connectivity index (χ2v) is 10.9. The summed E-state index contributed by atoms with van der Waals surface area (Å²) in [5.41, 5.74) is 5.12. The van der Waals surface area contributed by atoms with Crippen molar-refractivity contribution in [1.29, 1.82) is 0 Å². The van der Waals surface area contributed by atoms with Crippen LogP contribution in [0.3, 0.4) is 0 Å². The maximum Gasteiger partial charge on any atom is 0.253 e. The lowest BCUT2D eigenvalue weighted by atomic mass is 9.54. The van der Waals surface area contributed by atoms with Crippen molar-refractivity contribution >= 4 is 28.4 Å². The van der Waals surface area contributed by atoms with Gasteiger partial charge in [0.25, 0.3) is 5.91 Å². The van der Waals surface area contributed by atoms with Crippen LogP contribution in [0, 0.1) is 5.41 Å². The number of fused-ring (bicyclic) bond motifs is 1. The molecule has 190 valence electrons. The highest BCUT2D eigenvalue weighted by molar-refractivity contribution is 6.36. The molecule has 2 aliphatic rings. The van der Waals surface area contributed by atoms with Crippen molar-refractivity contribution in [2.24, 2.45) is 5.41 Å². The predicted molar refractivity (Wildman–Crippen MR) is 146 cm³/mol. The molecule has 2 aromatic heterocycles. The number of hydrogen-bond acceptors (Lipinski definition) is 4. The summed E-state index contributed by atoms with van der Waals surface area (Å²) in [5, 5.41) is 9.33. The molecule has 1 amide bonds. The van der Waals surface area contributed by atoms with E-state index in [0.29, 0.717) is 28.5 Å². The molecule has 37 heavy (non-hydrogen) atoms. The summed E-state index contributed by atoms with van der Waals surface area (Å²) in [6.45, 7) is 4.62. The summed E-state index contributed by atoms with van der Waals surface area (Å²) < 4.78 is 7.46. The number of pyridine rings is 1. The lowest BCUT2D eigenvalue weighted by molar-refractivity contribution is -0.000604. The number of rotatable bonds is 7. The van der Waals surface area contributed by atoms with Gasteiger partial charge in [0.05, 0.1) is 34.9 Å². The SMILES string of the molecule is CCOc1cc(-c2ccc([C@H](C)n3ncc4c(Cl)ccc(C(=O)NC5CC6(CCC6)C5)c43)cc2)ccn1.